The highest BCUT2D eigenvalue weighted by Gasteiger charge is 2.29. The van der Waals surface area contributed by atoms with Crippen LogP contribution in [0.15, 0.2) is 12.1 Å². The van der Waals surface area contributed by atoms with Gasteiger partial charge in [-0.15, -0.1) is 0 Å². The topological polar surface area (TPSA) is 69.2 Å². The van der Waals surface area contributed by atoms with Crippen molar-refractivity contribution in [1.29, 1.82) is 5.26 Å². The third-order valence-corrected chi connectivity index (χ3v) is 4.41. The number of rotatable bonds is 2. The van der Waals surface area contributed by atoms with Crippen LogP contribution < -0.4 is 10.6 Å². The van der Waals surface area contributed by atoms with Gasteiger partial charge in [-0.2, -0.15) is 5.26 Å². The lowest BCUT2D eigenvalue weighted by Gasteiger charge is -2.32. The summed E-state index contributed by atoms with van der Waals surface area (Å²) >= 11 is 0. The van der Waals surface area contributed by atoms with Gasteiger partial charge in [0.1, 0.15) is 11.9 Å². The van der Waals surface area contributed by atoms with Gasteiger partial charge in [-0.3, -0.25) is 4.90 Å². The van der Waals surface area contributed by atoms with Crippen molar-refractivity contribution in [1.82, 2.24) is 9.88 Å². The summed E-state index contributed by atoms with van der Waals surface area (Å²) in [4.78, 5) is 9.27. The van der Waals surface area contributed by atoms with E-state index in [9.17, 15) is 0 Å². The lowest BCUT2D eigenvalue weighted by molar-refractivity contribution is 0.175. The molecular formula is C15H21N5. The number of hydrogen-bond acceptors (Lipinski definition) is 5. The van der Waals surface area contributed by atoms with Gasteiger partial charge in [0.05, 0.1) is 5.69 Å². The monoisotopic (exact) mass is 271 g/mol. The first-order chi connectivity index (χ1) is 9.78. The highest BCUT2D eigenvalue weighted by Crippen LogP contribution is 2.25. The molecule has 3 rings (SSSR count). The molecule has 106 valence electrons. The highest BCUT2D eigenvalue weighted by molar-refractivity contribution is 5.55. The zero-order chi connectivity index (χ0) is 13.9. The van der Waals surface area contributed by atoms with E-state index in [1.54, 1.807) is 6.07 Å². The predicted molar refractivity (Wildman–Crippen MR) is 79.4 cm³/mol. The normalized spacial score (nSPS) is 23.8. The van der Waals surface area contributed by atoms with Crippen molar-refractivity contribution in [3.8, 4) is 6.07 Å². The van der Waals surface area contributed by atoms with Crippen molar-refractivity contribution in [2.75, 3.05) is 36.8 Å². The number of aromatic nitrogens is 1. The minimum Gasteiger partial charge on any atom is -0.396 e. The Balaban J connectivity index is 1.69. The average molecular weight is 271 g/mol. The number of anilines is 2. The van der Waals surface area contributed by atoms with Crippen molar-refractivity contribution in [2.45, 2.75) is 31.7 Å². The number of likely N-dealkylation sites (tertiary alicyclic amines) is 1. The standard InChI is InChI=1S/C15H21N5/c16-10-14-13(17)4-5-15(18-14)20-9-6-12(11-20)19-7-2-1-3-8-19/h4-5,12H,1-3,6-9,11,17H2. The number of nitrogen functional groups attached to an aromatic ring is 1. The molecule has 1 unspecified atom stereocenters. The van der Waals surface area contributed by atoms with Gasteiger partial charge >= 0.3 is 0 Å². The minimum atomic E-state index is 0.337. The van der Waals surface area contributed by atoms with Gasteiger partial charge in [0.15, 0.2) is 5.69 Å². The fraction of sp³-hybridized carbons (Fsp3) is 0.600. The zero-order valence-electron chi connectivity index (χ0n) is 11.8. The summed E-state index contributed by atoms with van der Waals surface area (Å²) in [6.45, 7) is 4.50. The molecule has 1 aromatic rings. The van der Waals surface area contributed by atoms with Crippen molar-refractivity contribution >= 4 is 11.5 Å². The van der Waals surface area contributed by atoms with Crippen LogP contribution in [0.1, 0.15) is 31.4 Å². The molecule has 0 radical (unpaired) electrons. The summed E-state index contributed by atoms with van der Waals surface area (Å²) in [6.07, 6.45) is 5.22. The Hall–Kier alpha value is -1.80. The van der Waals surface area contributed by atoms with E-state index in [-0.39, 0.29) is 0 Å². The van der Waals surface area contributed by atoms with E-state index in [1.807, 2.05) is 6.07 Å². The lowest BCUT2D eigenvalue weighted by Crippen LogP contribution is -2.41. The maximum absolute atomic E-state index is 9.02. The third-order valence-electron chi connectivity index (χ3n) is 4.41. The fourth-order valence-corrected chi connectivity index (χ4v) is 3.26. The maximum Gasteiger partial charge on any atom is 0.165 e. The molecule has 0 aromatic carbocycles. The first-order valence-electron chi connectivity index (χ1n) is 7.43. The van der Waals surface area contributed by atoms with E-state index in [0.29, 0.717) is 17.4 Å². The SMILES string of the molecule is N#Cc1nc(N2CCC(N3CCCCC3)C2)ccc1N. The molecule has 5 heteroatoms. The molecule has 2 N–H and O–H groups in total. The fourth-order valence-electron chi connectivity index (χ4n) is 3.26. The number of hydrogen-bond donors (Lipinski definition) is 1. The first-order valence-corrected chi connectivity index (χ1v) is 7.43. The Morgan fingerprint density at radius 1 is 1.20 bits per heavy atom. The van der Waals surface area contributed by atoms with Crippen LogP contribution in [0.25, 0.3) is 0 Å². The molecule has 2 aliphatic heterocycles. The molecule has 0 amide bonds. The summed E-state index contributed by atoms with van der Waals surface area (Å²) in [7, 11) is 0. The Morgan fingerprint density at radius 3 is 2.75 bits per heavy atom. The average Bonchev–Trinajstić information content (AvgIpc) is 2.98. The molecule has 0 saturated carbocycles. The van der Waals surface area contributed by atoms with Gasteiger partial charge in [0.25, 0.3) is 0 Å². The molecular weight excluding hydrogens is 250 g/mol. The molecule has 5 nitrogen and oxygen atoms in total. The van der Waals surface area contributed by atoms with Crippen LogP contribution in [0.2, 0.25) is 0 Å². The van der Waals surface area contributed by atoms with Crippen LogP contribution in [-0.2, 0) is 0 Å². The second-order valence-electron chi connectivity index (χ2n) is 5.70. The molecule has 2 fully saturated rings. The summed E-state index contributed by atoms with van der Waals surface area (Å²) in [5.74, 6) is 0.884. The maximum atomic E-state index is 9.02. The highest BCUT2D eigenvalue weighted by atomic mass is 15.3. The van der Waals surface area contributed by atoms with E-state index >= 15 is 0 Å². The van der Waals surface area contributed by atoms with Gasteiger partial charge < -0.3 is 10.6 Å². The van der Waals surface area contributed by atoms with E-state index in [2.05, 4.69) is 20.9 Å². The van der Waals surface area contributed by atoms with E-state index < -0.39 is 0 Å². The van der Waals surface area contributed by atoms with Crippen LogP contribution in [-0.4, -0.2) is 42.1 Å². The van der Waals surface area contributed by atoms with Gasteiger partial charge in [-0.1, -0.05) is 6.42 Å². The van der Waals surface area contributed by atoms with Crippen molar-refractivity contribution < 1.29 is 0 Å². The number of nitrogens with zero attached hydrogens (tertiary/aromatic N) is 4. The van der Waals surface area contributed by atoms with Crippen LogP contribution in [0, 0.1) is 11.3 Å². The number of pyridine rings is 1. The molecule has 2 aliphatic rings. The Bertz CT molecular complexity index is 515. The van der Waals surface area contributed by atoms with Gasteiger partial charge in [0, 0.05) is 19.1 Å². The van der Waals surface area contributed by atoms with Gasteiger partial charge in [0.2, 0.25) is 0 Å². The van der Waals surface area contributed by atoms with Crippen LogP contribution in [0.4, 0.5) is 11.5 Å². The summed E-state index contributed by atoms with van der Waals surface area (Å²) < 4.78 is 0. The lowest BCUT2D eigenvalue weighted by atomic mass is 10.1. The van der Waals surface area contributed by atoms with E-state index in [0.717, 1.165) is 18.9 Å². The molecule has 0 spiro atoms. The van der Waals surface area contributed by atoms with Crippen molar-refractivity contribution in [3.05, 3.63) is 17.8 Å². The smallest absolute Gasteiger partial charge is 0.165 e. The van der Waals surface area contributed by atoms with Crippen LogP contribution in [0.3, 0.4) is 0 Å². The second-order valence-corrected chi connectivity index (χ2v) is 5.70. The van der Waals surface area contributed by atoms with Gasteiger partial charge in [-0.05, 0) is 44.5 Å². The summed E-state index contributed by atoms with van der Waals surface area (Å²) in [5.41, 5.74) is 6.53. The van der Waals surface area contributed by atoms with Crippen LogP contribution >= 0.6 is 0 Å². The number of nitriles is 1. The van der Waals surface area contributed by atoms with Gasteiger partial charge in [-0.25, -0.2) is 4.98 Å². The van der Waals surface area contributed by atoms with Crippen molar-refractivity contribution in [2.24, 2.45) is 0 Å². The minimum absolute atomic E-state index is 0.337. The van der Waals surface area contributed by atoms with E-state index in [4.69, 9.17) is 11.0 Å². The molecule has 1 aromatic heterocycles. The summed E-state index contributed by atoms with van der Waals surface area (Å²) in [5, 5.41) is 9.02. The second kappa shape index (κ2) is 5.68. The van der Waals surface area contributed by atoms with Crippen LogP contribution in [0.5, 0.6) is 0 Å². The largest absolute Gasteiger partial charge is 0.396 e. The quantitative estimate of drug-likeness (QED) is 0.884. The molecule has 0 bridgehead atoms. The molecule has 0 aliphatic carbocycles. The molecule has 1 atom stereocenters. The summed E-state index contributed by atoms with van der Waals surface area (Å²) in [6, 6.07) is 6.41. The number of nitrogens with two attached hydrogens (primary N) is 1. The third kappa shape index (κ3) is 2.56. The predicted octanol–water partition coefficient (Wildman–Crippen LogP) is 1.60. The van der Waals surface area contributed by atoms with E-state index in [1.165, 1.54) is 38.8 Å². The Kier molecular flexibility index (Phi) is 3.75. The first kappa shape index (κ1) is 13.2. The van der Waals surface area contributed by atoms with Crippen molar-refractivity contribution in [3.63, 3.8) is 0 Å². The molecule has 3 heterocycles. The Labute approximate surface area is 120 Å². The zero-order valence-corrected chi connectivity index (χ0v) is 11.8. The Morgan fingerprint density at radius 2 is 2.00 bits per heavy atom. The number of piperidine rings is 1. The molecule has 2 saturated heterocycles. The molecule has 20 heavy (non-hydrogen) atoms.